The molecule has 1 aromatic rings. The lowest BCUT2D eigenvalue weighted by Crippen LogP contribution is -2.30. The van der Waals surface area contributed by atoms with Gasteiger partial charge in [0.2, 0.25) is 0 Å². The van der Waals surface area contributed by atoms with Crippen LogP contribution in [0.4, 0.5) is 5.69 Å². The Morgan fingerprint density at radius 3 is 2.38 bits per heavy atom. The van der Waals surface area contributed by atoms with Gasteiger partial charge in [-0.1, -0.05) is 13.8 Å². The molecule has 0 fully saturated rings. The van der Waals surface area contributed by atoms with Crippen LogP contribution >= 0.6 is 0 Å². The fraction of sp³-hybridized carbons (Fsp3) is 0.538. The largest absolute Gasteiger partial charge is 0.370 e. The predicted molar refractivity (Wildman–Crippen MR) is 67.0 cm³/mol. The first-order chi connectivity index (χ1) is 7.60. The van der Waals surface area contributed by atoms with Crippen LogP contribution in [0.5, 0.6) is 0 Å². The van der Waals surface area contributed by atoms with Crippen molar-refractivity contribution in [3.63, 3.8) is 0 Å². The highest BCUT2D eigenvalue weighted by Crippen LogP contribution is 2.17. The van der Waals surface area contributed by atoms with Crippen molar-refractivity contribution >= 4 is 11.5 Å². The smallest absolute Gasteiger partial charge is 0.178 e. The Hall–Kier alpha value is -1.38. The number of aromatic nitrogens is 1. The fourth-order valence-corrected chi connectivity index (χ4v) is 1.85. The number of hydrogen-bond acceptors (Lipinski definition) is 3. The standard InChI is InChI=1S/C13H20N2O/c1-5-11(6-2)15(4)12-7-8-13(10(3)16)14-9-12/h7-9,11H,5-6H2,1-4H3. The van der Waals surface area contributed by atoms with E-state index in [1.165, 1.54) is 6.92 Å². The first kappa shape index (κ1) is 12.7. The van der Waals surface area contributed by atoms with Gasteiger partial charge in [0.25, 0.3) is 0 Å². The maximum atomic E-state index is 11.1. The zero-order valence-electron chi connectivity index (χ0n) is 10.5. The Balaban J connectivity index is 2.84. The molecule has 0 aromatic carbocycles. The monoisotopic (exact) mass is 220 g/mol. The van der Waals surface area contributed by atoms with Crippen molar-refractivity contribution in [2.75, 3.05) is 11.9 Å². The molecule has 0 atom stereocenters. The summed E-state index contributed by atoms with van der Waals surface area (Å²) >= 11 is 0. The van der Waals surface area contributed by atoms with Gasteiger partial charge in [-0.15, -0.1) is 0 Å². The van der Waals surface area contributed by atoms with E-state index in [1.807, 2.05) is 6.07 Å². The van der Waals surface area contributed by atoms with Crippen molar-refractivity contribution in [1.29, 1.82) is 0 Å². The summed E-state index contributed by atoms with van der Waals surface area (Å²) in [6.45, 7) is 5.90. The van der Waals surface area contributed by atoms with Crippen LogP contribution in [0.25, 0.3) is 0 Å². The van der Waals surface area contributed by atoms with Gasteiger partial charge < -0.3 is 4.90 Å². The minimum Gasteiger partial charge on any atom is -0.370 e. The summed E-state index contributed by atoms with van der Waals surface area (Å²) < 4.78 is 0. The van der Waals surface area contributed by atoms with Gasteiger partial charge in [0.1, 0.15) is 5.69 Å². The Morgan fingerprint density at radius 2 is 2.00 bits per heavy atom. The van der Waals surface area contributed by atoms with E-state index in [9.17, 15) is 4.79 Å². The number of hydrogen-bond donors (Lipinski definition) is 0. The van der Waals surface area contributed by atoms with Crippen LogP contribution in [0, 0.1) is 0 Å². The minimum absolute atomic E-state index is 0.0109. The molecule has 0 unspecified atom stereocenters. The van der Waals surface area contributed by atoms with Crippen LogP contribution in [-0.4, -0.2) is 23.9 Å². The molecule has 1 aromatic heterocycles. The summed E-state index contributed by atoms with van der Waals surface area (Å²) in [5, 5.41) is 0. The fourth-order valence-electron chi connectivity index (χ4n) is 1.85. The number of Topliss-reactive ketones (excluding diaryl/α,β-unsaturated/α-hetero) is 1. The SMILES string of the molecule is CCC(CC)N(C)c1ccc(C(C)=O)nc1. The first-order valence-corrected chi connectivity index (χ1v) is 5.80. The van der Waals surface area contributed by atoms with Gasteiger partial charge in [-0.3, -0.25) is 9.78 Å². The van der Waals surface area contributed by atoms with E-state index >= 15 is 0 Å². The molecule has 0 aliphatic carbocycles. The highest BCUT2D eigenvalue weighted by atomic mass is 16.1. The third-order valence-electron chi connectivity index (χ3n) is 3.01. The van der Waals surface area contributed by atoms with Crippen molar-refractivity contribution in [3.8, 4) is 0 Å². The number of carbonyl (C=O) groups excluding carboxylic acids is 1. The Bertz CT molecular complexity index is 341. The number of anilines is 1. The average Bonchev–Trinajstić information content (AvgIpc) is 2.30. The molecule has 0 N–H and O–H groups in total. The van der Waals surface area contributed by atoms with Crippen LogP contribution in [0.3, 0.4) is 0 Å². The average molecular weight is 220 g/mol. The molecule has 0 saturated carbocycles. The molecule has 1 heterocycles. The van der Waals surface area contributed by atoms with Gasteiger partial charge in [0.05, 0.1) is 11.9 Å². The van der Waals surface area contributed by atoms with Crippen LogP contribution in [-0.2, 0) is 0 Å². The van der Waals surface area contributed by atoms with Crippen molar-refractivity contribution in [2.45, 2.75) is 39.7 Å². The lowest BCUT2D eigenvalue weighted by atomic mass is 10.1. The number of ketones is 1. The first-order valence-electron chi connectivity index (χ1n) is 5.80. The molecule has 0 radical (unpaired) electrons. The molecule has 3 heteroatoms. The number of rotatable bonds is 5. The molecule has 88 valence electrons. The quantitative estimate of drug-likeness (QED) is 0.715. The van der Waals surface area contributed by atoms with Crippen LogP contribution in [0.15, 0.2) is 18.3 Å². The summed E-state index contributed by atoms with van der Waals surface area (Å²) in [6.07, 6.45) is 4.00. The normalized spacial score (nSPS) is 10.6. The van der Waals surface area contributed by atoms with Crippen molar-refractivity contribution in [3.05, 3.63) is 24.0 Å². The minimum atomic E-state index is 0.0109. The zero-order valence-corrected chi connectivity index (χ0v) is 10.5. The maximum Gasteiger partial charge on any atom is 0.178 e. The maximum absolute atomic E-state index is 11.1. The Morgan fingerprint density at radius 1 is 1.38 bits per heavy atom. The van der Waals surface area contributed by atoms with Crippen LogP contribution in [0.1, 0.15) is 44.1 Å². The molecule has 0 amide bonds. The van der Waals surface area contributed by atoms with E-state index in [2.05, 4.69) is 30.8 Å². The van der Waals surface area contributed by atoms with Gasteiger partial charge >= 0.3 is 0 Å². The van der Waals surface area contributed by atoms with Crippen LogP contribution in [0.2, 0.25) is 0 Å². The van der Waals surface area contributed by atoms with E-state index in [1.54, 1.807) is 12.3 Å². The second-order valence-electron chi connectivity index (χ2n) is 4.04. The van der Waals surface area contributed by atoms with E-state index < -0.39 is 0 Å². The number of carbonyl (C=O) groups is 1. The highest BCUT2D eigenvalue weighted by Gasteiger charge is 2.11. The molecule has 0 aliphatic rings. The van der Waals surface area contributed by atoms with Crippen molar-refractivity contribution in [1.82, 2.24) is 4.98 Å². The lowest BCUT2D eigenvalue weighted by molar-refractivity contribution is 0.101. The summed E-state index contributed by atoms with van der Waals surface area (Å²) in [4.78, 5) is 17.5. The van der Waals surface area contributed by atoms with Gasteiger partial charge in [0, 0.05) is 20.0 Å². The van der Waals surface area contributed by atoms with Crippen molar-refractivity contribution < 1.29 is 4.79 Å². The number of pyridine rings is 1. The van der Waals surface area contributed by atoms with E-state index in [-0.39, 0.29) is 5.78 Å². The van der Waals surface area contributed by atoms with Gasteiger partial charge in [-0.05, 0) is 25.0 Å². The zero-order chi connectivity index (χ0) is 12.1. The molecule has 3 nitrogen and oxygen atoms in total. The molecular formula is C13H20N2O. The van der Waals surface area contributed by atoms with Gasteiger partial charge in [-0.2, -0.15) is 0 Å². The molecule has 0 aliphatic heterocycles. The Labute approximate surface area is 97.5 Å². The summed E-state index contributed by atoms with van der Waals surface area (Å²) in [5.74, 6) is 0.0109. The molecule has 1 rings (SSSR count). The summed E-state index contributed by atoms with van der Waals surface area (Å²) in [7, 11) is 2.07. The molecule has 16 heavy (non-hydrogen) atoms. The van der Waals surface area contributed by atoms with E-state index in [4.69, 9.17) is 0 Å². The van der Waals surface area contributed by atoms with Gasteiger partial charge in [-0.25, -0.2) is 0 Å². The number of nitrogens with zero attached hydrogens (tertiary/aromatic N) is 2. The second kappa shape index (κ2) is 5.64. The summed E-state index contributed by atoms with van der Waals surface area (Å²) in [6, 6.07) is 4.28. The molecule has 0 saturated heterocycles. The molecular weight excluding hydrogens is 200 g/mol. The van der Waals surface area contributed by atoms with E-state index in [0.29, 0.717) is 11.7 Å². The topological polar surface area (TPSA) is 33.2 Å². The van der Waals surface area contributed by atoms with Crippen molar-refractivity contribution in [2.24, 2.45) is 0 Å². The predicted octanol–water partition coefficient (Wildman–Crippen LogP) is 2.91. The highest BCUT2D eigenvalue weighted by molar-refractivity contribution is 5.92. The lowest BCUT2D eigenvalue weighted by Gasteiger charge is -2.28. The van der Waals surface area contributed by atoms with Crippen LogP contribution < -0.4 is 4.90 Å². The third kappa shape index (κ3) is 2.81. The third-order valence-corrected chi connectivity index (χ3v) is 3.01. The van der Waals surface area contributed by atoms with Gasteiger partial charge in [0.15, 0.2) is 5.78 Å². The Kier molecular flexibility index (Phi) is 4.47. The van der Waals surface area contributed by atoms with E-state index in [0.717, 1.165) is 18.5 Å². The summed E-state index contributed by atoms with van der Waals surface area (Å²) in [5.41, 5.74) is 1.60. The molecule has 0 bridgehead atoms. The molecule has 0 spiro atoms. The second-order valence-corrected chi connectivity index (χ2v) is 4.04.